The van der Waals surface area contributed by atoms with Crippen molar-refractivity contribution < 1.29 is 9.84 Å². The molecule has 1 aromatic carbocycles. The number of hydrogen-bond donors (Lipinski definition) is 1. The smallest absolute Gasteiger partial charge is 0.120 e. The molecule has 0 bridgehead atoms. The molecule has 1 aromatic rings. The van der Waals surface area contributed by atoms with Crippen LogP contribution in [0.1, 0.15) is 32.4 Å². The third-order valence-electron chi connectivity index (χ3n) is 1.84. The average Bonchev–Trinajstić information content (AvgIpc) is 2.15. The van der Waals surface area contributed by atoms with E-state index in [0.717, 1.165) is 11.3 Å². The van der Waals surface area contributed by atoms with E-state index in [-0.39, 0.29) is 5.60 Å². The lowest BCUT2D eigenvalue weighted by atomic mass is 10.1. The van der Waals surface area contributed by atoms with Crippen LogP contribution in [0, 0.1) is 0 Å². The second kappa shape index (κ2) is 4.99. The minimum Gasteiger partial charge on any atom is -0.488 e. The monoisotopic (exact) mass is 272 g/mol. The van der Waals surface area contributed by atoms with Crippen molar-refractivity contribution in [2.45, 2.75) is 32.5 Å². The molecule has 0 amide bonds. The number of ether oxygens (including phenoxy) is 1. The number of halogens is 1. The summed E-state index contributed by atoms with van der Waals surface area (Å²) in [5, 5.41) is 10.1. The molecule has 0 unspecified atom stereocenters. The van der Waals surface area contributed by atoms with E-state index in [1.807, 2.05) is 45.0 Å². The van der Waals surface area contributed by atoms with E-state index >= 15 is 0 Å². The van der Waals surface area contributed by atoms with Gasteiger partial charge in [0.05, 0.1) is 6.10 Å². The topological polar surface area (TPSA) is 29.5 Å². The maximum atomic E-state index is 9.57. The highest BCUT2D eigenvalue weighted by molar-refractivity contribution is 9.09. The van der Waals surface area contributed by atoms with Crippen LogP contribution in [0.3, 0.4) is 0 Å². The van der Waals surface area contributed by atoms with Crippen molar-refractivity contribution in [3.8, 4) is 5.75 Å². The van der Waals surface area contributed by atoms with Crippen molar-refractivity contribution in [2.75, 3.05) is 5.33 Å². The maximum absolute atomic E-state index is 9.57. The maximum Gasteiger partial charge on any atom is 0.120 e. The fourth-order valence-electron chi connectivity index (χ4n) is 1.20. The number of aliphatic hydroxyl groups excluding tert-OH is 1. The summed E-state index contributed by atoms with van der Waals surface area (Å²) in [6.07, 6.45) is -0.450. The van der Waals surface area contributed by atoms with Crippen LogP contribution in [0.25, 0.3) is 0 Å². The van der Waals surface area contributed by atoms with Crippen LogP contribution in [0.2, 0.25) is 0 Å². The first kappa shape index (κ1) is 12.5. The standard InChI is InChI=1S/C12H17BrO2/c1-12(2,3)15-10-6-4-9(5-7-10)11(14)8-13/h4-7,11,14H,8H2,1-3H3/t11-/m1/s1. The SMILES string of the molecule is CC(C)(C)Oc1ccc([C@H](O)CBr)cc1. The Morgan fingerprint density at radius 1 is 1.27 bits per heavy atom. The first-order valence-corrected chi connectivity index (χ1v) is 6.07. The second-order valence-corrected chi connectivity index (χ2v) is 5.10. The summed E-state index contributed by atoms with van der Waals surface area (Å²) in [4.78, 5) is 0. The highest BCUT2D eigenvalue weighted by Gasteiger charge is 2.12. The molecule has 1 N–H and O–H groups in total. The summed E-state index contributed by atoms with van der Waals surface area (Å²) in [6.45, 7) is 6.02. The number of rotatable bonds is 3. The van der Waals surface area contributed by atoms with Gasteiger partial charge in [0.1, 0.15) is 11.4 Å². The van der Waals surface area contributed by atoms with E-state index in [0.29, 0.717) is 5.33 Å². The molecular formula is C12H17BrO2. The van der Waals surface area contributed by atoms with Crippen LogP contribution in [-0.2, 0) is 0 Å². The van der Waals surface area contributed by atoms with Gasteiger partial charge in [-0.1, -0.05) is 28.1 Å². The summed E-state index contributed by atoms with van der Waals surface area (Å²) < 4.78 is 5.68. The van der Waals surface area contributed by atoms with Crippen molar-refractivity contribution in [3.05, 3.63) is 29.8 Å². The second-order valence-electron chi connectivity index (χ2n) is 4.45. The van der Waals surface area contributed by atoms with E-state index in [1.165, 1.54) is 0 Å². The van der Waals surface area contributed by atoms with E-state index in [1.54, 1.807) is 0 Å². The van der Waals surface area contributed by atoms with Crippen molar-refractivity contribution in [2.24, 2.45) is 0 Å². The van der Waals surface area contributed by atoms with Gasteiger partial charge in [-0.05, 0) is 38.5 Å². The van der Waals surface area contributed by atoms with Gasteiger partial charge >= 0.3 is 0 Å². The van der Waals surface area contributed by atoms with Crippen LogP contribution in [0.5, 0.6) is 5.75 Å². The quantitative estimate of drug-likeness (QED) is 0.856. The molecule has 0 aliphatic rings. The fourth-order valence-corrected chi connectivity index (χ4v) is 1.57. The molecule has 3 heteroatoms. The predicted molar refractivity (Wildman–Crippen MR) is 65.6 cm³/mol. The summed E-state index contributed by atoms with van der Waals surface area (Å²) >= 11 is 3.24. The molecule has 0 heterocycles. The summed E-state index contributed by atoms with van der Waals surface area (Å²) in [6, 6.07) is 7.53. The third-order valence-corrected chi connectivity index (χ3v) is 2.45. The van der Waals surface area contributed by atoms with Crippen molar-refractivity contribution in [1.29, 1.82) is 0 Å². The molecule has 0 fully saturated rings. The van der Waals surface area contributed by atoms with Gasteiger partial charge in [-0.2, -0.15) is 0 Å². The first-order chi connectivity index (χ1) is 6.92. The number of hydrogen-bond acceptors (Lipinski definition) is 2. The highest BCUT2D eigenvalue weighted by Crippen LogP contribution is 2.22. The van der Waals surface area contributed by atoms with E-state index in [4.69, 9.17) is 4.74 Å². The van der Waals surface area contributed by atoms with Gasteiger partial charge in [-0.15, -0.1) is 0 Å². The molecule has 1 rings (SSSR count). The van der Waals surface area contributed by atoms with Crippen LogP contribution >= 0.6 is 15.9 Å². The van der Waals surface area contributed by atoms with E-state index in [9.17, 15) is 5.11 Å². The number of benzene rings is 1. The molecule has 0 radical (unpaired) electrons. The third kappa shape index (κ3) is 4.22. The highest BCUT2D eigenvalue weighted by atomic mass is 79.9. The van der Waals surface area contributed by atoms with Crippen LogP contribution in [-0.4, -0.2) is 16.0 Å². The van der Waals surface area contributed by atoms with Gasteiger partial charge in [0.15, 0.2) is 0 Å². The Kier molecular flexibility index (Phi) is 4.17. The molecule has 0 aromatic heterocycles. The fraction of sp³-hybridized carbons (Fsp3) is 0.500. The van der Waals surface area contributed by atoms with Gasteiger partial charge in [0, 0.05) is 5.33 Å². The molecule has 84 valence electrons. The lowest BCUT2D eigenvalue weighted by molar-refractivity contribution is 0.131. The molecule has 0 aliphatic carbocycles. The van der Waals surface area contributed by atoms with E-state index < -0.39 is 6.10 Å². The largest absolute Gasteiger partial charge is 0.488 e. The molecular weight excluding hydrogens is 256 g/mol. The van der Waals surface area contributed by atoms with Crippen LogP contribution in [0.15, 0.2) is 24.3 Å². The van der Waals surface area contributed by atoms with E-state index in [2.05, 4.69) is 15.9 Å². The zero-order valence-electron chi connectivity index (χ0n) is 9.33. The Labute approximate surface area is 99.4 Å². The Bertz CT molecular complexity index is 300. The van der Waals surface area contributed by atoms with Crippen molar-refractivity contribution in [1.82, 2.24) is 0 Å². The molecule has 0 aliphatic heterocycles. The van der Waals surface area contributed by atoms with Gasteiger partial charge in [-0.25, -0.2) is 0 Å². The Hall–Kier alpha value is -0.540. The summed E-state index contributed by atoms with van der Waals surface area (Å²) in [5.74, 6) is 0.827. The first-order valence-electron chi connectivity index (χ1n) is 4.95. The van der Waals surface area contributed by atoms with Gasteiger partial charge in [0.2, 0.25) is 0 Å². The molecule has 2 nitrogen and oxygen atoms in total. The normalized spacial score (nSPS) is 13.7. The minimum absolute atomic E-state index is 0.185. The summed E-state index contributed by atoms with van der Waals surface area (Å²) in [5.41, 5.74) is 0.711. The van der Waals surface area contributed by atoms with Crippen molar-refractivity contribution >= 4 is 15.9 Å². The lowest BCUT2D eigenvalue weighted by Gasteiger charge is -2.21. The Morgan fingerprint density at radius 2 is 1.80 bits per heavy atom. The lowest BCUT2D eigenvalue weighted by Crippen LogP contribution is -2.22. The number of alkyl halides is 1. The van der Waals surface area contributed by atoms with Crippen LogP contribution < -0.4 is 4.74 Å². The Morgan fingerprint density at radius 3 is 2.20 bits per heavy atom. The zero-order chi connectivity index (χ0) is 11.5. The van der Waals surface area contributed by atoms with Gasteiger partial charge < -0.3 is 9.84 Å². The average molecular weight is 273 g/mol. The zero-order valence-corrected chi connectivity index (χ0v) is 10.9. The van der Waals surface area contributed by atoms with Crippen molar-refractivity contribution in [3.63, 3.8) is 0 Å². The molecule has 0 saturated heterocycles. The summed E-state index contributed by atoms with van der Waals surface area (Å²) in [7, 11) is 0. The molecule has 0 saturated carbocycles. The Balaban J connectivity index is 2.72. The van der Waals surface area contributed by atoms with Crippen LogP contribution in [0.4, 0.5) is 0 Å². The van der Waals surface area contributed by atoms with Gasteiger partial charge in [-0.3, -0.25) is 0 Å². The minimum atomic E-state index is -0.450. The number of aliphatic hydroxyl groups is 1. The molecule has 0 spiro atoms. The van der Waals surface area contributed by atoms with Gasteiger partial charge in [0.25, 0.3) is 0 Å². The molecule has 15 heavy (non-hydrogen) atoms. The predicted octanol–water partition coefficient (Wildman–Crippen LogP) is 3.29. The molecule has 1 atom stereocenters.